The third kappa shape index (κ3) is 8.41. The molecule has 2 aromatic rings. The second kappa shape index (κ2) is 13.3. The quantitative estimate of drug-likeness (QED) is 0.0721. The molecule has 0 bridgehead atoms. The summed E-state index contributed by atoms with van der Waals surface area (Å²) in [5.74, 6) is -2.38. The number of aromatic nitrogens is 1. The number of nitrogens with zero attached hydrogens (tertiary/aromatic N) is 2. The van der Waals surface area contributed by atoms with Crippen LogP contribution in [0, 0.1) is 11.3 Å². The van der Waals surface area contributed by atoms with Crippen LogP contribution in [0.4, 0.5) is 5.69 Å². The normalized spacial score (nSPS) is 13.9. The van der Waals surface area contributed by atoms with Crippen molar-refractivity contribution in [3.05, 3.63) is 41.0 Å². The van der Waals surface area contributed by atoms with Crippen molar-refractivity contribution in [1.82, 2.24) is 15.6 Å². The van der Waals surface area contributed by atoms with E-state index in [2.05, 4.69) is 20.6 Å². The molecular weight excluding hydrogens is 542 g/mol. The van der Waals surface area contributed by atoms with Gasteiger partial charge in [0, 0.05) is 18.5 Å². The largest absolute Gasteiger partial charge is 0.494 e. The van der Waals surface area contributed by atoms with Crippen molar-refractivity contribution in [3.63, 3.8) is 0 Å². The summed E-state index contributed by atoms with van der Waals surface area (Å²) in [4.78, 5) is 45.4. The maximum Gasteiger partial charge on any atom is 0.369 e. The Morgan fingerprint density at radius 3 is 2.65 bits per heavy atom. The lowest BCUT2D eigenvalue weighted by molar-refractivity contribution is -0.325. The molecule has 0 spiro atoms. The Hall–Kier alpha value is -4.18. The van der Waals surface area contributed by atoms with E-state index in [9.17, 15) is 14.4 Å². The van der Waals surface area contributed by atoms with Crippen molar-refractivity contribution in [2.45, 2.75) is 38.7 Å². The first-order valence-electron chi connectivity index (χ1n) is 12.3. The number of hydrogen-bond acceptors (Lipinski definition) is 11. The SMILES string of the molecule is CCCCNC(=O)c1cnc(-c2cccc(N/C(=C/C(N)=NC(=O)C3CC3)C(=N)C(=O)NC(O)(O)O)c2OC)s1. The van der Waals surface area contributed by atoms with Crippen LogP contribution in [0.15, 0.2) is 41.2 Å². The van der Waals surface area contributed by atoms with Gasteiger partial charge in [-0.25, -0.2) is 4.98 Å². The van der Waals surface area contributed by atoms with Gasteiger partial charge in [-0.05, 0) is 31.4 Å². The number of benzene rings is 1. The van der Waals surface area contributed by atoms with Gasteiger partial charge < -0.3 is 36.4 Å². The van der Waals surface area contributed by atoms with Gasteiger partial charge in [0.05, 0.1) is 30.3 Å². The number of amidine groups is 1. The molecule has 1 aliphatic rings. The summed E-state index contributed by atoms with van der Waals surface area (Å²) >= 11 is 1.14. The van der Waals surface area contributed by atoms with E-state index < -0.39 is 23.6 Å². The van der Waals surface area contributed by atoms with Crippen LogP contribution in [0.5, 0.6) is 5.75 Å². The molecule has 1 fully saturated rings. The molecule has 9 N–H and O–H groups in total. The lowest BCUT2D eigenvalue weighted by Gasteiger charge is -2.19. The molecule has 3 rings (SSSR count). The highest BCUT2D eigenvalue weighted by atomic mass is 32.1. The van der Waals surface area contributed by atoms with E-state index in [1.807, 2.05) is 6.92 Å². The number of unbranched alkanes of at least 4 members (excludes halogenated alkanes) is 1. The first-order valence-corrected chi connectivity index (χ1v) is 13.1. The fourth-order valence-electron chi connectivity index (χ4n) is 3.38. The van der Waals surface area contributed by atoms with Gasteiger partial charge in [0.15, 0.2) is 5.75 Å². The van der Waals surface area contributed by atoms with Crippen molar-refractivity contribution in [2.75, 3.05) is 19.0 Å². The van der Waals surface area contributed by atoms with Crippen molar-refractivity contribution >= 4 is 46.3 Å². The predicted molar refractivity (Wildman–Crippen MR) is 148 cm³/mol. The molecule has 0 atom stereocenters. The smallest absolute Gasteiger partial charge is 0.369 e. The van der Waals surface area contributed by atoms with E-state index in [0.29, 0.717) is 34.8 Å². The van der Waals surface area contributed by atoms with E-state index in [1.54, 1.807) is 18.2 Å². The molecule has 214 valence electrons. The number of amides is 3. The number of carbonyl (C=O) groups excluding carboxylic acids is 3. The summed E-state index contributed by atoms with van der Waals surface area (Å²) in [5.41, 5.74) is 5.42. The number of nitrogens with two attached hydrogens (primary N) is 1. The zero-order valence-corrected chi connectivity index (χ0v) is 22.7. The first kappa shape index (κ1) is 30.4. The van der Waals surface area contributed by atoms with Crippen LogP contribution >= 0.6 is 11.3 Å². The van der Waals surface area contributed by atoms with Crippen LogP contribution in [0.25, 0.3) is 10.6 Å². The van der Waals surface area contributed by atoms with E-state index in [-0.39, 0.29) is 34.8 Å². The van der Waals surface area contributed by atoms with Crippen molar-refractivity contribution in [1.29, 1.82) is 5.41 Å². The first-order chi connectivity index (χ1) is 18.9. The molecule has 1 saturated carbocycles. The molecule has 0 aliphatic heterocycles. The molecule has 1 heterocycles. The van der Waals surface area contributed by atoms with E-state index in [0.717, 1.165) is 30.3 Å². The van der Waals surface area contributed by atoms with E-state index in [4.69, 9.17) is 31.2 Å². The van der Waals surface area contributed by atoms with Crippen molar-refractivity contribution in [3.8, 4) is 16.3 Å². The number of nitrogens with one attached hydrogen (secondary N) is 4. The molecule has 0 saturated heterocycles. The van der Waals surface area contributed by atoms with Crippen LogP contribution in [0.2, 0.25) is 0 Å². The monoisotopic (exact) mass is 573 g/mol. The molecule has 40 heavy (non-hydrogen) atoms. The minimum Gasteiger partial charge on any atom is -0.494 e. The molecule has 0 unspecified atom stereocenters. The zero-order chi connectivity index (χ0) is 29.4. The average molecular weight is 574 g/mol. The maximum atomic E-state index is 12.4. The highest BCUT2D eigenvalue weighted by Gasteiger charge is 2.30. The highest BCUT2D eigenvalue weighted by Crippen LogP contribution is 2.39. The Balaban J connectivity index is 1.95. The lowest BCUT2D eigenvalue weighted by atomic mass is 10.1. The Morgan fingerprint density at radius 1 is 1.30 bits per heavy atom. The van der Waals surface area contributed by atoms with Gasteiger partial charge in [-0.1, -0.05) is 19.4 Å². The number of ether oxygens (including phenoxy) is 1. The van der Waals surface area contributed by atoms with E-state index >= 15 is 0 Å². The van der Waals surface area contributed by atoms with E-state index in [1.165, 1.54) is 18.6 Å². The van der Waals surface area contributed by atoms with Crippen molar-refractivity contribution < 1.29 is 34.4 Å². The summed E-state index contributed by atoms with van der Waals surface area (Å²) < 4.78 is 5.58. The highest BCUT2D eigenvalue weighted by molar-refractivity contribution is 7.17. The minimum absolute atomic E-state index is 0.224. The number of methoxy groups -OCH3 is 1. The van der Waals surface area contributed by atoms with Crippen LogP contribution in [-0.4, -0.2) is 69.3 Å². The van der Waals surface area contributed by atoms with Gasteiger partial charge in [0.2, 0.25) is 0 Å². The lowest BCUT2D eigenvalue weighted by Crippen LogP contribution is -2.51. The Morgan fingerprint density at radius 2 is 2.02 bits per heavy atom. The number of rotatable bonds is 13. The molecule has 15 heteroatoms. The van der Waals surface area contributed by atoms with Gasteiger partial charge >= 0.3 is 6.10 Å². The molecule has 14 nitrogen and oxygen atoms in total. The topological polar surface area (TPSA) is 232 Å². The van der Waals surface area contributed by atoms with Gasteiger partial charge in [-0.2, -0.15) is 4.99 Å². The Bertz CT molecular complexity index is 1340. The average Bonchev–Trinajstić information content (AvgIpc) is 3.63. The molecule has 1 aliphatic carbocycles. The van der Waals surface area contributed by atoms with Crippen LogP contribution < -0.4 is 26.4 Å². The van der Waals surface area contributed by atoms with Crippen LogP contribution in [0.3, 0.4) is 0 Å². The summed E-state index contributed by atoms with van der Waals surface area (Å²) in [5, 5.41) is 43.1. The van der Waals surface area contributed by atoms with Crippen LogP contribution in [0.1, 0.15) is 42.3 Å². The number of aliphatic hydroxyl groups is 3. The minimum atomic E-state index is -3.58. The maximum absolute atomic E-state index is 12.4. The van der Waals surface area contributed by atoms with Crippen molar-refractivity contribution in [2.24, 2.45) is 16.6 Å². The standard InChI is InChI=1S/C25H31N7O7S/c1-3-4-10-28-22(34)17-12-29-24(40-17)14-6-5-7-15(20(14)39-2)30-16(19(27)23(35)32-25(36,37)38)11-18(26)31-21(33)13-8-9-13/h5-7,11-13,27,30,36-38H,3-4,8-10H2,1-2H3,(H,28,34)(H,32,35)(H2,26,31,33)/b16-11+,27-19?. The summed E-state index contributed by atoms with van der Waals surface area (Å²) in [7, 11) is 1.39. The van der Waals surface area contributed by atoms with Gasteiger partial charge in [-0.15, -0.1) is 11.3 Å². The molecular formula is C25H31N7O7S. The number of hydrogen-bond donors (Lipinski definition) is 8. The molecule has 3 amide bonds. The predicted octanol–water partition coefficient (Wildman–Crippen LogP) is 0.662. The third-order valence-corrected chi connectivity index (χ3v) is 6.53. The second-order valence-corrected chi connectivity index (χ2v) is 9.85. The van der Waals surface area contributed by atoms with Gasteiger partial charge in [0.1, 0.15) is 21.4 Å². The number of aliphatic imine (C=N–C) groups is 1. The molecule has 0 radical (unpaired) electrons. The van der Waals surface area contributed by atoms with Crippen LogP contribution in [-0.2, 0) is 9.59 Å². The summed E-state index contributed by atoms with van der Waals surface area (Å²) in [6.45, 7) is 2.56. The summed E-state index contributed by atoms with van der Waals surface area (Å²) in [6.07, 6.45) is 2.08. The Labute approximate surface area is 233 Å². The summed E-state index contributed by atoms with van der Waals surface area (Å²) in [6, 6.07) is 4.90. The molecule has 1 aromatic carbocycles. The zero-order valence-electron chi connectivity index (χ0n) is 21.9. The molecule has 1 aromatic heterocycles. The number of carbonyl (C=O) groups is 3. The van der Waals surface area contributed by atoms with Gasteiger partial charge in [0.25, 0.3) is 17.7 Å². The number of thiazole rings is 1. The second-order valence-electron chi connectivity index (χ2n) is 8.82. The Kier molecular flexibility index (Phi) is 10.1. The number of para-hydroxylation sites is 1. The third-order valence-electron chi connectivity index (χ3n) is 5.50. The number of anilines is 1. The fraction of sp³-hybridized carbons (Fsp3) is 0.360. The van der Waals surface area contributed by atoms with Gasteiger partial charge in [-0.3, -0.25) is 25.1 Å². The fourth-order valence-corrected chi connectivity index (χ4v) is 4.23.